The lowest BCUT2D eigenvalue weighted by molar-refractivity contribution is -0.120. The summed E-state index contributed by atoms with van der Waals surface area (Å²) in [4.78, 5) is 20.3. The van der Waals surface area contributed by atoms with Crippen molar-refractivity contribution >= 4 is 17.1 Å². The third kappa shape index (κ3) is 3.50. The Bertz CT molecular complexity index is 707. The Morgan fingerprint density at radius 1 is 1.35 bits per heavy atom. The standard InChI is InChI=1S/C13H21N5O5/c1-17-12(20)10-11(16-13(17)14)18(7-15-10)9(4-19)23-8(5-21-2)6-22-3/h7-9,19H,4-6H2,1-3H3,(H2,14,16)/t9-/m1/s1. The van der Waals surface area contributed by atoms with Crippen molar-refractivity contribution in [3.63, 3.8) is 0 Å². The number of aliphatic hydroxyl groups excluding tert-OH is 1. The van der Waals surface area contributed by atoms with Gasteiger partial charge in [-0.1, -0.05) is 0 Å². The van der Waals surface area contributed by atoms with Crippen LogP contribution in [0.3, 0.4) is 0 Å². The van der Waals surface area contributed by atoms with Crippen LogP contribution in [-0.4, -0.2) is 64.4 Å². The van der Waals surface area contributed by atoms with E-state index in [1.807, 2.05) is 0 Å². The summed E-state index contributed by atoms with van der Waals surface area (Å²) >= 11 is 0. The molecule has 0 saturated carbocycles. The Morgan fingerprint density at radius 3 is 2.57 bits per heavy atom. The number of hydrogen-bond acceptors (Lipinski definition) is 8. The first-order chi connectivity index (χ1) is 11.0. The van der Waals surface area contributed by atoms with E-state index in [9.17, 15) is 9.90 Å². The summed E-state index contributed by atoms with van der Waals surface area (Å²) in [6.07, 6.45) is 0.188. The lowest BCUT2D eigenvalue weighted by atomic mass is 10.4. The van der Waals surface area contributed by atoms with Gasteiger partial charge in [0.25, 0.3) is 5.56 Å². The normalized spacial score (nSPS) is 13.1. The number of ether oxygens (including phenoxy) is 3. The van der Waals surface area contributed by atoms with E-state index >= 15 is 0 Å². The van der Waals surface area contributed by atoms with Crippen LogP contribution in [0.1, 0.15) is 6.23 Å². The number of methoxy groups -OCH3 is 2. The van der Waals surface area contributed by atoms with E-state index in [1.165, 1.54) is 22.5 Å². The fraction of sp³-hybridized carbons (Fsp3) is 0.615. The van der Waals surface area contributed by atoms with Gasteiger partial charge in [-0.2, -0.15) is 4.98 Å². The fourth-order valence-electron chi connectivity index (χ4n) is 2.19. The largest absolute Gasteiger partial charge is 0.392 e. The summed E-state index contributed by atoms with van der Waals surface area (Å²) in [6, 6.07) is 0. The first-order valence-electron chi connectivity index (χ1n) is 6.96. The molecule has 2 heterocycles. The Hall–Kier alpha value is -2.01. The van der Waals surface area contributed by atoms with Gasteiger partial charge in [0.15, 0.2) is 17.4 Å². The zero-order valence-corrected chi connectivity index (χ0v) is 13.3. The zero-order chi connectivity index (χ0) is 17.0. The van der Waals surface area contributed by atoms with Crippen LogP contribution in [0.5, 0.6) is 0 Å². The van der Waals surface area contributed by atoms with Gasteiger partial charge in [0.1, 0.15) is 6.10 Å². The second-order valence-electron chi connectivity index (χ2n) is 4.96. The van der Waals surface area contributed by atoms with Gasteiger partial charge in [-0.3, -0.25) is 13.9 Å². The van der Waals surface area contributed by atoms with Gasteiger partial charge in [-0.15, -0.1) is 0 Å². The van der Waals surface area contributed by atoms with Crippen molar-refractivity contribution in [3.05, 3.63) is 16.7 Å². The van der Waals surface area contributed by atoms with E-state index in [4.69, 9.17) is 19.9 Å². The van der Waals surface area contributed by atoms with Crippen molar-refractivity contribution in [1.82, 2.24) is 19.1 Å². The number of hydrogen-bond donors (Lipinski definition) is 2. The van der Waals surface area contributed by atoms with Crippen LogP contribution in [0.4, 0.5) is 5.95 Å². The lowest BCUT2D eigenvalue weighted by Gasteiger charge is -2.23. The third-order valence-corrected chi connectivity index (χ3v) is 3.36. The molecule has 0 unspecified atom stereocenters. The molecule has 0 fully saturated rings. The number of aliphatic hydroxyl groups is 1. The topological polar surface area (TPSA) is 127 Å². The summed E-state index contributed by atoms with van der Waals surface area (Å²) in [6.45, 7) is 0.231. The number of fused-ring (bicyclic) bond motifs is 1. The first-order valence-corrected chi connectivity index (χ1v) is 6.96. The lowest BCUT2D eigenvalue weighted by Crippen LogP contribution is -2.30. The molecule has 0 aromatic carbocycles. The molecule has 2 rings (SSSR count). The molecule has 0 aliphatic carbocycles. The minimum atomic E-state index is -0.797. The zero-order valence-electron chi connectivity index (χ0n) is 13.3. The van der Waals surface area contributed by atoms with Crippen molar-refractivity contribution in [1.29, 1.82) is 0 Å². The number of anilines is 1. The Labute approximate surface area is 132 Å². The molecule has 0 bridgehead atoms. The molecule has 0 radical (unpaired) electrons. The van der Waals surface area contributed by atoms with E-state index < -0.39 is 12.3 Å². The molecule has 0 aliphatic heterocycles. The third-order valence-electron chi connectivity index (χ3n) is 3.36. The predicted octanol–water partition coefficient (Wildman–Crippen LogP) is -1.12. The van der Waals surface area contributed by atoms with Crippen molar-refractivity contribution in [2.45, 2.75) is 12.3 Å². The molecule has 128 valence electrons. The van der Waals surface area contributed by atoms with Crippen LogP contribution >= 0.6 is 0 Å². The highest BCUT2D eigenvalue weighted by Gasteiger charge is 2.22. The summed E-state index contributed by atoms with van der Waals surface area (Å²) in [5.41, 5.74) is 5.75. The van der Waals surface area contributed by atoms with Gasteiger partial charge in [-0.25, -0.2) is 4.98 Å². The van der Waals surface area contributed by atoms with Gasteiger partial charge >= 0.3 is 0 Å². The van der Waals surface area contributed by atoms with E-state index in [0.717, 1.165) is 0 Å². The highest BCUT2D eigenvalue weighted by Crippen LogP contribution is 2.17. The molecule has 3 N–H and O–H groups in total. The Balaban J connectivity index is 2.38. The second kappa shape index (κ2) is 7.51. The smallest absolute Gasteiger partial charge is 0.282 e. The second-order valence-corrected chi connectivity index (χ2v) is 4.96. The number of nitrogens with two attached hydrogens (primary N) is 1. The van der Waals surface area contributed by atoms with E-state index in [0.29, 0.717) is 0 Å². The van der Waals surface area contributed by atoms with Gasteiger partial charge < -0.3 is 25.1 Å². The summed E-state index contributed by atoms with van der Waals surface area (Å²) < 4.78 is 18.6. The number of aromatic nitrogens is 4. The maximum absolute atomic E-state index is 12.1. The maximum Gasteiger partial charge on any atom is 0.282 e. The predicted molar refractivity (Wildman–Crippen MR) is 81.9 cm³/mol. The number of imidazole rings is 1. The molecule has 10 nitrogen and oxygen atoms in total. The molecule has 0 aliphatic rings. The van der Waals surface area contributed by atoms with Crippen molar-refractivity contribution in [2.75, 3.05) is 39.8 Å². The van der Waals surface area contributed by atoms with Crippen LogP contribution in [0, 0.1) is 0 Å². The molecule has 1 atom stereocenters. The first kappa shape index (κ1) is 17.3. The molecule has 0 amide bonds. The van der Waals surface area contributed by atoms with Gasteiger partial charge in [0, 0.05) is 21.3 Å². The van der Waals surface area contributed by atoms with E-state index in [1.54, 1.807) is 14.2 Å². The maximum atomic E-state index is 12.1. The molecular weight excluding hydrogens is 306 g/mol. The average Bonchev–Trinajstić information content (AvgIpc) is 2.94. The van der Waals surface area contributed by atoms with Gasteiger partial charge in [0.05, 0.1) is 26.1 Å². The van der Waals surface area contributed by atoms with Gasteiger partial charge in [-0.05, 0) is 0 Å². The molecule has 0 spiro atoms. The summed E-state index contributed by atoms with van der Waals surface area (Å²) in [7, 11) is 4.59. The highest BCUT2D eigenvalue weighted by atomic mass is 16.6. The van der Waals surface area contributed by atoms with Crippen molar-refractivity contribution in [3.8, 4) is 0 Å². The average molecular weight is 327 g/mol. The number of rotatable bonds is 8. The number of nitrogen functional groups attached to an aromatic ring is 1. The van der Waals surface area contributed by atoms with Gasteiger partial charge in [0.2, 0.25) is 5.95 Å². The van der Waals surface area contributed by atoms with Crippen LogP contribution in [0.2, 0.25) is 0 Å². The van der Waals surface area contributed by atoms with E-state index in [2.05, 4.69) is 9.97 Å². The molecule has 2 aromatic rings. The number of nitrogens with zero attached hydrogens (tertiary/aromatic N) is 4. The monoisotopic (exact) mass is 327 g/mol. The van der Waals surface area contributed by atoms with Crippen molar-refractivity contribution < 1.29 is 19.3 Å². The SMILES string of the molecule is COCC(COC)O[C@H](CO)n1cnc2c(=O)n(C)c(N)nc21. The molecule has 10 heteroatoms. The minimum Gasteiger partial charge on any atom is -0.392 e. The van der Waals surface area contributed by atoms with Crippen molar-refractivity contribution in [2.24, 2.45) is 7.05 Å². The molecule has 23 heavy (non-hydrogen) atoms. The summed E-state index contributed by atoms with van der Waals surface area (Å²) in [5.74, 6) is 0.0475. The molecule has 0 saturated heterocycles. The van der Waals surface area contributed by atoms with Crippen LogP contribution in [0.15, 0.2) is 11.1 Å². The molecule has 2 aromatic heterocycles. The molecular formula is C13H21N5O5. The quantitative estimate of drug-likeness (QED) is 0.624. The highest BCUT2D eigenvalue weighted by molar-refractivity contribution is 5.70. The summed E-state index contributed by atoms with van der Waals surface area (Å²) in [5, 5.41) is 9.64. The minimum absolute atomic E-state index is 0.0475. The Kier molecular flexibility index (Phi) is 5.66. The van der Waals surface area contributed by atoms with E-state index in [-0.39, 0.29) is 42.5 Å². The van der Waals surface area contributed by atoms with Crippen LogP contribution in [-0.2, 0) is 21.3 Å². The fourth-order valence-corrected chi connectivity index (χ4v) is 2.19. The Morgan fingerprint density at radius 2 is 2.00 bits per heavy atom. The van der Waals surface area contributed by atoms with Crippen LogP contribution in [0.25, 0.3) is 11.2 Å². The van der Waals surface area contributed by atoms with Crippen LogP contribution < -0.4 is 11.3 Å².